The van der Waals surface area contributed by atoms with Crippen molar-refractivity contribution in [2.24, 2.45) is 0 Å². The second-order valence-corrected chi connectivity index (χ2v) is 5.99. The van der Waals surface area contributed by atoms with Gasteiger partial charge in [-0.3, -0.25) is 4.72 Å². The lowest BCUT2D eigenvalue weighted by molar-refractivity contribution is 0.601. The van der Waals surface area contributed by atoms with E-state index in [0.29, 0.717) is 18.1 Å². The van der Waals surface area contributed by atoms with Crippen molar-refractivity contribution in [2.45, 2.75) is 11.8 Å². The third-order valence-corrected chi connectivity index (χ3v) is 4.24. The van der Waals surface area contributed by atoms with Gasteiger partial charge in [-0.15, -0.1) is 0 Å². The van der Waals surface area contributed by atoms with Crippen LogP contribution in [0, 0.1) is 0 Å². The summed E-state index contributed by atoms with van der Waals surface area (Å²) < 4.78 is 26.7. The van der Waals surface area contributed by atoms with Crippen LogP contribution in [0.25, 0.3) is 0 Å². The van der Waals surface area contributed by atoms with E-state index in [1.54, 1.807) is 11.4 Å². The van der Waals surface area contributed by atoms with Crippen LogP contribution in [0.3, 0.4) is 0 Å². The Balaban J connectivity index is 2.26. The summed E-state index contributed by atoms with van der Waals surface area (Å²) in [6.45, 7) is 2.61. The smallest absolute Gasteiger partial charge is 0.262 e. The molecule has 0 fully saturated rings. The Morgan fingerprint density at radius 1 is 1.39 bits per heavy atom. The van der Waals surface area contributed by atoms with Gasteiger partial charge in [0, 0.05) is 24.2 Å². The minimum atomic E-state index is -3.55. The minimum Gasteiger partial charge on any atom is -0.370 e. The molecule has 18 heavy (non-hydrogen) atoms. The molecule has 2 aromatic rings. The van der Waals surface area contributed by atoms with Crippen molar-refractivity contribution in [3.63, 3.8) is 0 Å². The number of thiophene rings is 1. The summed E-state index contributed by atoms with van der Waals surface area (Å²) in [6, 6.07) is 4.70. The molecule has 0 aromatic carbocycles. The SMILES string of the molecule is CCNc1cc(S(=O)(=O)Nc2ccsc2)ccn1. The molecule has 0 saturated carbocycles. The van der Waals surface area contributed by atoms with Crippen LogP contribution in [0.1, 0.15) is 6.92 Å². The molecule has 2 aromatic heterocycles. The fourth-order valence-electron chi connectivity index (χ4n) is 1.39. The number of nitrogens with one attached hydrogen (secondary N) is 2. The van der Waals surface area contributed by atoms with Crippen LogP contribution >= 0.6 is 11.3 Å². The zero-order valence-corrected chi connectivity index (χ0v) is 11.4. The third kappa shape index (κ3) is 2.99. The predicted molar refractivity (Wildman–Crippen MR) is 73.5 cm³/mol. The molecule has 0 unspecified atom stereocenters. The lowest BCUT2D eigenvalue weighted by atomic mass is 10.4. The summed E-state index contributed by atoms with van der Waals surface area (Å²) in [5.41, 5.74) is 0.571. The summed E-state index contributed by atoms with van der Waals surface area (Å²) in [5.74, 6) is 0.547. The van der Waals surface area contributed by atoms with Crippen molar-refractivity contribution < 1.29 is 8.42 Å². The average molecular weight is 283 g/mol. The highest BCUT2D eigenvalue weighted by Crippen LogP contribution is 2.19. The highest BCUT2D eigenvalue weighted by atomic mass is 32.2. The molecule has 2 heterocycles. The van der Waals surface area contributed by atoms with Crippen molar-refractivity contribution in [3.05, 3.63) is 35.2 Å². The molecule has 2 N–H and O–H groups in total. The molecule has 0 bridgehead atoms. The Bertz CT molecular complexity index is 609. The fraction of sp³-hybridized carbons (Fsp3) is 0.182. The molecule has 0 amide bonds. The number of pyridine rings is 1. The Labute approximate surface area is 110 Å². The maximum absolute atomic E-state index is 12.1. The quantitative estimate of drug-likeness (QED) is 0.883. The zero-order chi connectivity index (χ0) is 13.0. The van der Waals surface area contributed by atoms with Gasteiger partial charge in [-0.2, -0.15) is 11.3 Å². The molecule has 0 aliphatic carbocycles. The van der Waals surface area contributed by atoms with Crippen molar-refractivity contribution in [3.8, 4) is 0 Å². The molecule has 96 valence electrons. The number of hydrogen-bond acceptors (Lipinski definition) is 5. The first-order valence-corrected chi connectivity index (χ1v) is 7.79. The zero-order valence-electron chi connectivity index (χ0n) is 9.75. The number of sulfonamides is 1. The summed E-state index contributed by atoms with van der Waals surface area (Å²) in [5, 5.41) is 6.53. The van der Waals surface area contributed by atoms with E-state index in [2.05, 4.69) is 15.0 Å². The molecule has 0 atom stereocenters. The summed E-state index contributed by atoms with van der Waals surface area (Å²) in [4.78, 5) is 4.23. The second-order valence-electron chi connectivity index (χ2n) is 3.52. The van der Waals surface area contributed by atoms with Crippen LogP contribution < -0.4 is 10.0 Å². The van der Waals surface area contributed by atoms with Crippen LogP contribution in [0.5, 0.6) is 0 Å². The van der Waals surface area contributed by atoms with Gasteiger partial charge in [0.25, 0.3) is 10.0 Å². The van der Waals surface area contributed by atoms with E-state index in [0.717, 1.165) is 0 Å². The minimum absolute atomic E-state index is 0.194. The van der Waals surface area contributed by atoms with E-state index in [9.17, 15) is 8.42 Å². The van der Waals surface area contributed by atoms with Crippen molar-refractivity contribution >= 4 is 32.9 Å². The van der Waals surface area contributed by atoms with Crippen LogP contribution in [0.4, 0.5) is 11.5 Å². The predicted octanol–water partition coefficient (Wildman–Crippen LogP) is 2.38. The molecule has 2 rings (SSSR count). The molecule has 0 aliphatic rings. The standard InChI is InChI=1S/C11H13N3O2S2/c1-2-12-11-7-10(3-5-13-11)18(15,16)14-9-4-6-17-8-9/h3-8,14H,2H2,1H3,(H,12,13). The molecule has 5 nitrogen and oxygen atoms in total. The normalized spacial score (nSPS) is 11.2. The summed E-state index contributed by atoms with van der Waals surface area (Å²) in [6.07, 6.45) is 1.47. The average Bonchev–Trinajstić information content (AvgIpc) is 2.82. The maximum atomic E-state index is 12.1. The molecular formula is C11H13N3O2S2. The van der Waals surface area contributed by atoms with E-state index < -0.39 is 10.0 Å². The molecule has 0 saturated heterocycles. The Morgan fingerprint density at radius 3 is 2.89 bits per heavy atom. The number of rotatable bonds is 5. The Morgan fingerprint density at radius 2 is 2.22 bits per heavy atom. The van der Waals surface area contributed by atoms with E-state index in [-0.39, 0.29) is 4.90 Å². The first-order valence-electron chi connectivity index (χ1n) is 5.37. The summed E-state index contributed by atoms with van der Waals surface area (Å²) >= 11 is 1.44. The van der Waals surface area contributed by atoms with Crippen LogP contribution in [-0.4, -0.2) is 19.9 Å². The Kier molecular flexibility index (Phi) is 3.83. The van der Waals surface area contributed by atoms with E-state index in [1.165, 1.54) is 29.7 Å². The van der Waals surface area contributed by atoms with Gasteiger partial charge in [-0.1, -0.05) is 0 Å². The van der Waals surface area contributed by atoms with E-state index in [4.69, 9.17) is 0 Å². The first kappa shape index (κ1) is 12.8. The Hall–Kier alpha value is -1.60. The third-order valence-electron chi connectivity index (χ3n) is 2.17. The lowest BCUT2D eigenvalue weighted by Gasteiger charge is -2.08. The molecule has 7 heteroatoms. The van der Waals surface area contributed by atoms with Crippen molar-refractivity contribution in [1.82, 2.24) is 4.98 Å². The van der Waals surface area contributed by atoms with Gasteiger partial charge < -0.3 is 5.32 Å². The van der Waals surface area contributed by atoms with Gasteiger partial charge in [0.15, 0.2) is 0 Å². The number of nitrogens with zero attached hydrogens (tertiary/aromatic N) is 1. The van der Waals surface area contributed by atoms with Gasteiger partial charge in [0.2, 0.25) is 0 Å². The van der Waals surface area contributed by atoms with Gasteiger partial charge >= 0.3 is 0 Å². The lowest BCUT2D eigenvalue weighted by Crippen LogP contribution is -2.13. The van der Waals surface area contributed by atoms with Gasteiger partial charge in [0.1, 0.15) is 5.82 Å². The maximum Gasteiger partial charge on any atom is 0.262 e. The highest BCUT2D eigenvalue weighted by molar-refractivity contribution is 7.92. The van der Waals surface area contributed by atoms with Crippen LogP contribution in [0.2, 0.25) is 0 Å². The fourth-order valence-corrected chi connectivity index (χ4v) is 3.12. The molecular weight excluding hydrogens is 270 g/mol. The summed E-state index contributed by atoms with van der Waals surface area (Å²) in [7, 11) is -3.55. The van der Waals surface area contributed by atoms with Gasteiger partial charge in [-0.05, 0) is 24.4 Å². The van der Waals surface area contributed by atoms with Crippen molar-refractivity contribution in [1.29, 1.82) is 0 Å². The number of aromatic nitrogens is 1. The molecule has 0 spiro atoms. The van der Waals surface area contributed by atoms with Gasteiger partial charge in [0.05, 0.1) is 10.6 Å². The monoisotopic (exact) mass is 283 g/mol. The topological polar surface area (TPSA) is 71.1 Å². The van der Waals surface area contributed by atoms with Gasteiger partial charge in [-0.25, -0.2) is 13.4 Å². The molecule has 0 radical (unpaired) electrons. The second kappa shape index (κ2) is 5.36. The number of hydrogen-bond donors (Lipinski definition) is 2. The molecule has 0 aliphatic heterocycles. The van der Waals surface area contributed by atoms with Crippen LogP contribution in [0.15, 0.2) is 40.1 Å². The van der Waals surface area contributed by atoms with Crippen LogP contribution in [-0.2, 0) is 10.0 Å². The first-order chi connectivity index (χ1) is 8.62. The van der Waals surface area contributed by atoms with Crippen molar-refractivity contribution in [2.75, 3.05) is 16.6 Å². The van der Waals surface area contributed by atoms with E-state index in [1.807, 2.05) is 12.3 Å². The van der Waals surface area contributed by atoms with E-state index >= 15 is 0 Å². The highest BCUT2D eigenvalue weighted by Gasteiger charge is 2.15. The largest absolute Gasteiger partial charge is 0.370 e. The number of anilines is 2.